The fourth-order valence-corrected chi connectivity index (χ4v) is 1.67. The van der Waals surface area contributed by atoms with Crippen LogP contribution in [0.3, 0.4) is 0 Å². The van der Waals surface area contributed by atoms with Gasteiger partial charge < -0.3 is 15.2 Å². The van der Waals surface area contributed by atoms with Gasteiger partial charge >= 0.3 is 12.1 Å². The Labute approximate surface area is 132 Å². The molecule has 0 spiro atoms. The molecule has 2 N–H and O–H groups in total. The summed E-state index contributed by atoms with van der Waals surface area (Å²) in [5, 5.41) is 11.7. The van der Waals surface area contributed by atoms with Crippen LogP contribution in [0.25, 0.3) is 0 Å². The van der Waals surface area contributed by atoms with Gasteiger partial charge in [-0.2, -0.15) is 13.5 Å². The van der Waals surface area contributed by atoms with E-state index < -0.39 is 23.6 Å². The largest absolute Gasteiger partial charge is 0.481 e. The summed E-state index contributed by atoms with van der Waals surface area (Å²) < 4.78 is 5.08. The van der Waals surface area contributed by atoms with Crippen molar-refractivity contribution in [3.8, 4) is 0 Å². The maximum atomic E-state index is 11.5. The molecule has 5 nitrogen and oxygen atoms in total. The van der Waals surface area contributed by atoms with Gasteiger partial charge in [-0.05, 0) is 32.8 Å². The highest BCUT2D eigenvalue weighted by molar-refractivity contribution is 7.59. The van der Waals surface area contributed by atoms with Crippen LogP contribution in [0.2, 0.25) is 0 Å². The van der Waals surface area contributed by atoms with Crippen molar-refractivity contribution < 1.29 is 19.4 Å². The average molecular weight is 313 g/mol. The van der Waals surface area contributed by atoms with Crippen LogP contribution in [0.15, 0.2) is 30.3 Å². The minimum Gasteiger partial charge on any atom is -0.481 e. The Kier molecular flexibility index (Phi) is 7.88. The number of rotatable bonds is 5. The number of benzene rings is 1. The van der Waals surface area contributed by atoms with Crippen molar-refractivity contribution in [2.75, 3.05) is 6.54 Å². The number of amides is 1. The molecule has 0 aliphatic rings. The third-order valence-corrected chi connectivity index (χ3v) is 2.57. The minimum absolute atomic E-state index is 0. The van der Waals surface area contributed by atoms with Gasteiger partial charge in [0.25, 0.3) is 0 Å². The van der Waals surface area contributed by atoms with Gasteiger partial charge in [0.15, 0.2) is 0 Å². The molecular weight excluding hydrogens is 290 g/mol. The van der Waals surface area contributed by atoms with Crippen molar-refractivity contribution in [2.24, 2.45) is 5.92 Å². The molecule has 0 radical (unpaired) electrons. The van der Waals surface area contributed by atoms with Crippen LogP contribution in [-0.4, -0.2) is 29.3 Å². The minimum atomic E-state index is -0.940. The maximum absolute atomic E-state index is 11.5. The molecule has 1 rings (SSSR count). The molecule has 1 aromatic carbocycles. The Hall–Kier alpha value is -1.69. The van der Waals surface area contributed by atoms with E-state index in [0.717, 1.165) is 5.56 Å². The standard InChI is InChI=1S/C15H21NO4.H2S/c1-15(2,3)20-14(19)16-10-12(13(17)18)9-11-7-5-4-6-8-11;/h4-8,12H,9-10H2,1-3H3,(H,16,19)(H,17,18);1H2/t12-;/m0./s1. The monoisotopic (exact) mass is 313 g/mol. The summed E-state index contributed by atoms with van der Waals surface area (Å²) in [5.41, 5.74) is 0.327. The van der Waals surface area contributed by atoms with Crippen molar-refractivity contribution in [1.29, 1.82) is 0 Å². The van der Waals surface area contributed by atoms with Crippen molar-refractivity contribution in [3.63, 3.8) is 0 Å². The number of alkyl carbamates (subject to hydrolysis) is 1. The van der Waals surface area contributed by atoms with Crippen molar-refractivity contribution in [1.82, 2.24) is 5.32 Å². The first-order valence-corrected chi connectivity index (χ1v) is 6.51. The lowest BCUT2D eigenvalue weighted by Crippen LogP contribution is -2.37. The summed E-state index contributed by atoms with van der Waals surface area (Å²) in [4.78, 5) is 22.7. The summed E-state index contributed by atoms with van der Waals surface area (Å²) in [7, 11) is 0. The Morgan fingerprint density at radius 1 is 1.24 bits per heavy atom. The summed E-state index contributed by atoms with van der Waals surface area (Å²) in [6, 6.07) is 9.32. The Morgan fingerprint density at radius 3 is 2.29 bits per heavy atom. The highest BCUT2D eigenvalue weighted by atomic mass is 32.1. The summed E-state index contributed by atoms with van der Waals surface area (Å²) in [6.45, 7) is 5.31. The lowest BCUT2D eigenvalue weighted by molar-refractivity contribution is -0.141. The number of nitrogens with one attached hydrogen (secondary N) is 1. The molecule has 1 amide bonds. The second-order valence-corrected chi connectivity index (χ2v) is 5.61. The van der Waals surface area contributed by atoms with Gasteiger partial charge in [0.05, 0.1) is 5.92 Å². The lowest BCUT2D eigenvalue weighted by Gasteiger charge is -2.20. The Bertz CT molecular complexity index is 456. The van der Waals surface area contributed by atoms with Gasteiger partial charge in [-0.25, -0.2) is 4.79 Å². The first-order chi connectivity index (χ1) is 9.28. The molecule has 1 atom stereocenters. The number of hydrogen-bond donors (Lipinski definition) is 2. The molecule has 0 unspecified atom stereocenters. The molecule has 118 valence electrons. The number of carbonyl (C=O) groups excluding carboxylic acids is 1. The van der Waals surface area contributed by atoms with E-state index in [1.165, 1.54) is 0 Å². The summed E-state index contributed by atoms with van der Waals surface area (Å²) >= 11 is 0. The highest BCUT2D eigenvalue weighted by Crippen LogP contribution is 2.10. The van der Waals surface area contributed by atoms with E-state index in [9.17, 15) is 14.7 Å². The molecular formula is C15H23NO4S. The van der Waals surface area contributed by atoms with Gasteiger partial charge in [-0.3, -0.25) is 4.79 Å². The van der Waals surface area contributed by atoms with E-state index >= 15 is 0 Å². The molecule has 0 heterocycles. The van der Waals surface area contributed by atoms with E-state index in [0.29, 0.717) is 6.42 Å². The fourth-order valence-electron chi connectivity index (χ4n) is 1.67. The SMILES string of the molecule is CC(C)(C)OC(=O)NC[C@H](Cc1ccccc1)C(=O)O.S. The molecule has 1 aromatic rings. The van der Waals surface area contributed by atoms with Gasteiger partial charge in [0, 0.05) is 6.54 Å². The molecule has 6 heteroatoms. The fraction of sp³-hybridized carbons (Fsp3) is 0.467. The van der Waals surface area contributed by atoms with Gasteiger partial charge in [0.2, 0.25) is 0 Å². The first-order valence-electron chi connectivity index (χ1n) is 6.51. The van der Waals surface area contributed by atoms with Crippen LogP contribution in [-0.2, 0) is 16.0 Å². The maximum Gasteiger partial charge on any atom is 0.407 e. The lowest BCUT2D eigenvalue weighted by atomic mass is 9.99. The number of carboxylic acid groups (broad SMARTS) is 1. The van der Waals surface area contributed by atoms with Crippen LogP contribution < -0.4 is 5.32 Å². The topological polar surface area (TPSA) is 75.6 Å². The molecule has 0 saturated carbocycles. The predicted octanol–water partition coefficient (Wildman–Crippen LogP) is 2.57. The predicted molar refractivity (Wildman–Crippen MR) is 85.9 cm³/mol. The third-order valence-electron chi connectivity index (χ3n) is 2.57. The summed E-state index contributed by atoms with van der Waals surface area (Å²) in [6.07, 6.45) is -0.233. The molecule has 0 aliphatic carbocycles. The number of hydrogen-bond acceptors (Lipinski definition) is 3. The van der Waals surface area contributed by atoms with Crippen LogP contribution in [0.1, 0.15) is 26.3 Å². The normalized spacial score (nSPS) is 12.0. The highest BCUT2D eigenvalue weighted by Gasteiger charge is 2.21. The van der Waals surface area contributed by atoms with Crippen LogP contribution in [0.5, 0.6) is 0 Å². The number of ether oxygens (including phenoxy) is 1. The number of carbonyl (C=O) groups is 2. The molecule has 0 fully saturated rings. The van der Waals surface area contributed by atoms with Crippen LogP contribution >= 0.6 is 13.5 Å². The zero-order valence-electron chi connectivity index (χ0n) is 12.6. The Balaban J connectivity index is 0.00000400. The quantitative estimate of drug-likeness (QED) is 0.876. The molecule has 0 bridgehead atoms. The van der Waals surface area contributed by atoms with Crippen LogP contribution in [0.4, 0.5) is 4.79 Å². The number of carboxylic acids is 1. The van der Waals surface area contributed by atoms with E-state index in [1.54, 1.807) is 20.8 Å². The average Bonchev–Trinajstić information content (AvgIpc) is 2.33. The summed E-state index contributed by atoms with van der Waals surface area (Å²) in [5.74, 6) is -1.62. The smallest absolute Gasteiger partial charge is 0.407 e. The van der Waals surface area contributed by atoms with Gasteiger partial charge in [-0.1, -0.05) is 30.3 Å². The van der Waals surface area contributed by atoms with Crippen molar-refractivity contribution in [3.05, 3.63) is 35.9 Å². The van der Waals surface area contributed by atoms with E-state index in [2.05, 4.69) is 5.32 Å². The van der Waals surface area contributed by atoms with Gasteiger partial charge in [-0.15, -0.1) is 0 Å². The van der Waals surface area contributed by atoms with Crippen molar-refractivity contribution in [2.45, 2.75) is 32.8 Å². The van der Waals surface area contributed by atoms with Gasteiger partial charge in [0.1, 0.15) is 5.60 Å². The van der Waals surface area contributed by atoms with E-state index in [-0.39, 0.29) is 20.0 Å². The molecule has 21 heavy (non-hydrogen) atoms. The van der Waals surface area contributed by atoms with Crippen LogP contribution in [0, 0.1) is 5.92 Å². The van der Waals surface area contributed by atoms with E-state index in [1.807, 2.05) is 30.3 Å². The second-order valence-electron chi connectivity index (χ2n) is 5.61. The zero-order chi connectivity index (χ0) is 15.2. The second kappa shape index (κ2) is 8.56. The van der Waals surface area contributed by atoms with E-state index in [4.69, 9.17) is 4.74 Å². The molecule has 0 aromatic heterocycles. The Morgan fingerprint density at radius 2 is 1.81 bits per heavy atom. The third kappa shape index (κ3) is 8.24. The number of aliphatic carboxylic acids is 1. The molecule has 0 aliphatic heterocycles. The first kappa shape index (κ1) is 19.3. The zero-order valence-corrected chi connectivity index (χ0v) is 13.6. The van der Waals surface area contributed by atoms with Crippen molar-refractivity contribution >= 4 is 25.6 Å². The molecule has 0 saturated heterocycles.